The molecule has 0 unspecified atom stereocenters. The second kappa shape index (κ2) is 13.1. The predicted molar refractivity (Wildman–Crippen MR) is 114 cm³/mol. The molecule has 0 atom stereocenters. The van der Waals surface area contributed by atoms with E-state index in [0.717, 1.165) is 11.1 Å². The minimum absolute atomic E-state index is 0.0962. The normalized spacial score (nSPS) is 9.79. The van der Waals surface area contributed by atoms with Crippen LogP contribution in [0.3, 0.4) is 0 Å². The molecule has 0 heterocycles. The second-order valence-corrected chi connectivity index (χ2v) is 6.80. The van der Waals surface area contributed by atoms with Gasteiger partial charge in [0, 0.05) is 27.2 Å². The Kier molecular flexibility index (Phi) is 11.7. The molecule has 160 valence electrons. The molecule has 0 saturated carbocycles. The van der Waals surface area contributed by atoms with E-state index in [1.807, 2.05) is 60.7 Å². The molecule has 0 saturated heterocycles. The average molecular weight is 425 g/mol. The molecule has 2 aromatic rings. The maximum Gasteiger partial charge on any atom is 0.394 e. The zero-order valence-corrected chi connectivity index (χ0v) is 17.2. The molecule has 0 radical (unpaired) electrons. The summed E-state index contributed by atoms with van der Waals surface area (Å²) in [5.41, 5.74) is 12.9. The van der Waals surface area contributed by atoms with Gasteiger partial charge in [-0.1, -0.05) is 60.7 Å². The smallest absolute Gasteiger partial charge is 0.370 e. The highest BCUT2D eigenvalue weighted by atomic mass is 32.3. The first kappa shape index (κ1) is 25.9. The Bertz CT molecular complexity index is 782. The van der Waals surface area contributed by atoms with Gasteiger partial charge in [0.1, 0.15) is 0 Å². The molecule has 11 heteroatoms. The second-order valence-electron chi connectivity index (χ2n) is 5.90. The van der Waals surface area contributed by atoms with E-state index in [2.05, 4.69) is 0 Å². The highest BCUT2D eigenvalue weighted by Crippen LogP contribution is 2.02. The van der Waals surface area contributed by atoms with Gasteiger partial charge in [0.25, 0.3) is 0 Å². The summed E-state index contributed by atoms with van der Waals surface area (Å²) < 4.78 is 31.6. The van der Waals surface area contributed by atoms with Crippen molar-refractivity contribution in [1.82, 2.24) is 9.80 Å². The Labute approximate surface area is 171 Å². The minimum Gasteiger partial charge on any atom is -0.370 e. The van der Waals surface area contributed by atoms with Gasteiger partial charge in [-0.3, -0.25) is 19.9 Å². The van der Waals surface area contributed by atoms with Crippen LogP contribution in [0.25, 0.3) is 0 Å². The Morgan fingerprint density at radius 3 is 1.24 bits per heavy atom. The van der Waals surface area contributed by atoms with Crippen LogP contribution in [0.5, 0.6) is 0 Å². The van der Waals surface area contributed by atoms with Crippen LogP contribution >= 0.6 is 0 Å². The molecule has 0 amide bonds. The summed E-state index contributed by atoms with van der Waals surface area (Å²) in [5, 5.41) is 14.3. The molecule has 0 aliphatic rings. The van der Waals surface area contributed by atoms with Crippen molar-refractivity contribution in [3.63, 3.8) is 0 Å². The fourth-order valence-electron chi connectivity index (χ4n) is 1.88. The van der Waals surface area contributed by atoms with Gasteiger partial charge in [-0.05, 0) is 11.1 Å². The van der Waals surface area contributed by atoms with Crippen LogP contribution in [0.1, 0.15) is 11.1 Å². The van der Waals surface area contributed by atoms with Gasteiger partial charge in [0.15, 0.2) is 11.9 Å². The van der Waals surface area contributed by atoms with Crippen molar-refractivity contribution in [2.24, 2.45) is 11.5 Å². The highest BCUT2D eigenvalue weighted by Gasteiger charge is 2.00. The lowest BCUT2D eigenvalue weighted by molar-refractivity contribution is 0.381. The molecule has 29 heavy (non-hydrogen) atoms. The van der Waals surface area contributed by atoms with Crippen molar-refractivity contribution < 1.29 is 17.5 Å². The van der Waals surface area contributed by atoms with Gasteiger partial charge in [-0.2, -0.15) is 8.42 Å². The van der Waals surface area contributed by atoms with E-state index in [9.17, 15) is 0 Å². The van der Waals surface area contributed by atoms with Gasteiger partial charge in [-0.25, -0.2) is 0 Å². The molecule has 0 fully saturated rings. The first-order valence-electron chi connectivity index (χ1n) is 8.28. The Morgan fingerprint density at radius 2 is 1.03 bits per heavy atom. The number of guanidine groups is 2. The number of nitrogens with two attached hydrogens (primary N) is 2. The summed E-state index contributed by atoms with van der Waals surface area (Å²) in [6.45, 7) is 1.38. The van der Waals surface area contributed by atoms with Gasteiger partial charge >= 0.3 is 10.4 Å². The van der Waals surface area contributed by atoms with E-state index in [0.29, 0.717) is 13.1 Å². The minimum atomic E-state index is -4.67. The molecule has 10 nitrogen and oxygen atoms in total. The van der Waals surface area contributed by atoms with Crippen LogP contribution in [-0.4, -0.2) is 53.3 Å². The SMILES string of the molecule is CN(Cc1ccccc1)C(=N)N.CN(Cc1ccccc1)C(=N)N.O=S(=O)(O)O. The zero-order valence-electron chi connectivity index (χ0n) is 16.4. The fourth-order valence-corrected chi connectivity index (χ4v) is 1.88. The van der Waals surface area contributed by atoms with Gasteiger partial charge < -0.3 is 21.3 Å². The monoisotopic (exact) mass is 424 g/mol. The standard InChI is InChI=1S/2C9H13N3.H2O4S/c2*1-12(9(10)11)7-8-5-3-2-4-6-8;1-5(2,3)4/h2*2-6H,7H2,1H3,(H3,10,11);(H2,1,2,3,4). The van der Waals surface area contributed by atoms with Crippen molar-refractivity contribution in [3.8, 4) is 0 Å². The van der Waals surface area contributed by atoms with E-state index in [1.54, 1.807) is 23.9 Å². The maximum atomic E-state index is 8.74. The molecule has 0 spiro atoms. The third-order valence-corrected chi connectivity index (χ3v) is 3.35. The lowest BCUT2D eigenvalue weighted by Gasteiger charge is -2.15. The summed E-state index contributed by atoms with van der Waals surface area (Å²) in [6.07, 6.45) is 0. The number of hydrogen-bond acceptors (Lipinski definition) is 4. The van der Waals surface area contributed by atoms with Crippen molar-refractivity contribution in [3.05, 3.63) is 71.8 Å². The van der Waals surface area contributed by atoms with Gasteiger partial charge in [0.2, 0.25) is 0 Å². The highest BCUT2D eigenvalue weighted by molar-refractivity contribution is 7.79. The lowest BCUT2D eigenvalue weighted by Crippen LogP contribution is -2.32. The van der Waals surface area contributed by atoms with E-state index >= 15 is 0 Å². The number of hydrogen-bond donors (Lipinski definition) is 6. The molecule has 0 aliphatic heterocycles. The first-order chi connectivity index (χ1) is 13.4. The number of benzene rings is 2. The molecule has 0 aromatic heterocycles. The summed E-state index contributed by atoms with van der Waals surface area (Å²) in [4.78, 5) is 3.38. The predicted octanol–water partition coefficient (Wildman–Crippen LogP) is 1.37. The third kappa shape index (κ3) is 15.6. The third-order valence-electron chi connectivity index (χ3n) is 3.35. The quantitative estimate of drug-likeness (QED) is 0.242. The van der Waals surface area contributed by atoms with E-state index in [-0.39, 0.29) is 11.9 Å². The Morgan fingerprint density at radius 1 is 0.793 bits per heavy atom. The zero-order chi connectivity index (χ0) is 22.4. The molecule has 0 bridgehead atoms. The Hall–Kier alpha value is -3.15. The summed E-state index contributed by atoms with van der Waals surface area (Å²) >= 11 is 0. The van der Waals surface area contributed by atoms with Crippen LogP contribution in [0, 0.1) is 10.8 Å². The number of nitrogens with one attached hydrogen (secondary N) is 2. The average Bonchev–Trinajstić information content (AvgIpc) is 2.62. The molecule has 2 aromatic carbocycles. The van der Waals surface area contributed by atoms with Gasteiger partial charge in [0.05, 0.1) is 0 Å². The van der Waals surface area contributed by atoms with Gasteiger partial charge in [-0.15, -0.1) is 0 Å². The molecular weight excluding hydrogens is 396 g/mol. The topological polar surface area (TPSA) is 181 Å². The van der Waals surface area contributed by atoms with E-state index in [4.69, 9.17) is 39.8 Å². The number of rotatable bonds is 4. The largest absolute Gasteiger partial charge is 0.394 e. The first-order valence-corrected chi connectivity index (χ1v) is 9.68. The van der Waals surface area contributed by atoms with Crippen LogP contribution in [0.2, 0.25) is 0 Å². The van der Waals surface area contributed by atoms with Crippen LogP contribution < -0.4 is 11.5 Å². The molecule has 2 rings (SSSR count). The van der Waals surface area contributed by atoms with Crippen LogP contribution in [0.4, 0.5) is 0 Å². The summed E-state index contributed by atoms with van der Waals surface area (Å²) in [5.74, 6) is 0.192. The van der Waals surface area contributed by atoms with E-state index < -0.39 is 10.4 Å². The van der Waals surface area contributed by atoms with Crippen LogP contribution in [-0.2, 0) is 23.5 Å². The summed E-state index contributed by atoms with van der Waals surface area (Å²) in [6, 6.07) is 19.9. The van der Waals surface area contributed by atoms with Crippen molar-refractivity contribution in [2.45, 2.75) is 13.1 Å². The Balaban J connectivity index is 0.000000442. The van der Waals surface area contributed by atoms with Crippen LogP contribution in [0.15, 0.2) is 60.7 Å². The fraction of sp³-hybridized carbons (Fsp3) is 0.222. The molecular formula is C18H28N6O4S. The number of nitrogens with zero attached hydrogens (tertiary/aromatic N) is 2. The van der Waals surface area contributed by atoms with Crippen molar-refractivity contribution >= 4 is 22.3 Å². The maximum absolute atomic E-state index is 8.74. The van der Waals surface area contributed by atoms with Crippen molar-refractivity contribution in [1.29, 1.82) is 10.8 Å². The lowest BCUT2D eigenvalue weighted by atomic mass is 10.2. The summed E-state index contributed by atoms with van der Waals surface area (Å²) in [7, 11) is -1.06. The van der Waals surface area contributed by atoms with E-state index in [1.165, 1.54) is 0 Å². The molecule has 0 aliphatic carbocycles. The molecule has 8 N–H and O–H groups in total. The van der Waals surface area contributed by atoms with Crippen molar-refractivity contribution in [2.75, 3.05) is 14.1 Å².